The zero-order chi connectivity index (χ0) is 24.5. The van der Waals surface area contributed by atoms with Crippen LogP contribution in [0.3, 0.4) is 0 Å². The van der Waals surface area contributed by atoms with Gasteiger partial charge in [-0.15, -0.1) is 0 Å². The van der Waals surface area contributed by atoms with Gasteiger partial charge < -0.3 is 4.74 Å². The van der Waals surface area contributed by atoms with Crippen molar-refractivity contribution in [3.05, 3.63) is 59.7 Å². The van der Waals surface area contributed by atoms with Crippen molar-refractivity contribution in [1.29, 1.82) is 0 Å². The number of aryl methyl sites for hydroxylation is 2. The van der Waals surface area contributed by atoms with Crippen LogP contribution in [-0.2, 0) is 29.6 Å². The summed E-state index contributed by atoms with van der Waals surface area (Å²) in [4.78, 5) is 14.0. The van der Waals surface area contributed by atoms with Gasteiger partial charge in [0.1, 0.15) is 0 Å². The summed E-state index contributed by atoms with van der Waals surface area (Å²) in [6, 6.07) is 13.3. The molecular weight excluding hydrogens is 466 g/mol. The van der Waals surface area contributed by atoms with E-state index in [-0.39, 0.29) is 49.1 Å². The standard InChI is InChI=1S/C22H31N3O6S2/c1-4-31-22(26)17-25(15-13-23-32(27,28)20-11-7-5-9-18(20)2)16-14-24-33(29,30)21-12-8-6-10-19(21)3/h5-12,23-24H,4,13-17H2,1-3H3. The van der Waals surface area contributed by atoms with E-state index in [0.717, 1.165) is 0 Å². The van der Waals surface area contributed by atoms with Gasteiger partial charge in [-0.25, -0.2) is 26.3 Å². The first kappa shape index (κ1) is 26.9. The monoisotopic (exact) mass is 497 g/mol. The zero-order valence-electron chi connectivity index (χ0n) is 19.1. The molecule has 33 heavy (non-hydrogen) atoms. The van der Waals surface area contributed by atoms with Crippen LogP contribution >= 0.6 is 0 Å². The van der Waals surface area contributed by atoms with Crippen molar-refractivity contribution in [3.8, 4) is 0 Å². The van der Waals surface area contributed by atoms with Gasteiger partial charge in [-0.05, 0) is 44.0 Å². The molecule has 0 spiro atoms. The van der Waals surface area contributed by atoms with Crippen LogP contribution in [0.1, 0.15) is 18.1 Å². The molecule has 0 radical (unpaired) electrons. The van der Waals surface area contributed by atoms with Crippen LogP contribution in [0.2, 0.25) is 0 Å². The molecule has 2 N–H and O–H groups in total. The van der Waals surface area contributed by atoms with Gasteiger partial charge in [-0.1, -0.05) is 36.4 Å². The van der Waals surface area contributed by atoms with Crippen molar-refractivity contribution in [3.63, 3.8) is 0 Å². The molecule has 0 bridgehead atoms. The molecule has 0 atom stereocenters. The van der Waals surface area contributed by atoms with Crippen LogP contribution in [0, 0.1) is 13.8 Å². The number of rotatable bonds is 13. The summed E-state index contributed by atoms with van der Waals surface area (Å²) < 4.78 is 60.4. The van der Waals surface area contributed by atoms with Crippen LogP contribution in [0.15, 0.2) is 58.3 Å². The molecule has 0 aliphatic carbocycles. The first-order valence-electron chi connectivity index (χ1n) is 10.6. The highest BCUT2D eigenvalue weighted by Gasteiger charge is 2.19. The number of nitrogens with one attached hydrogen (secondary N) is 2. The first-order chi connectivity index (χ1) is 15.6. The van der Waals surface area contributed by atoms with E-state index in [4.69, 9.17) is 4.74 Å². The lowest BCUT2D eigenvalue weighted by Crippen LogP contribution is -2.42. The molecular formula is C22H31N3O6S2. The van der Waals surface area contributed by atoms with Crippen molar-refractivity contribution in [2.45, 2.75) is 30.6 Å². The highest BCUT2D eigenvalue weighted by Crippen LogP contribution is 2.14. The lowest BCUT2D eigenvalue weighted by atomic mass is 10.2. The van der Waals surface area contributed by atoms with Crippen molar-refractivity contribution < 1.29 is 26.4 Å². The molecule has 0 fully saturated rings. The summed E-state index contributed by atoms with van der Waals surface area (Å²) in [6.07, 6.45) is 0. The summed E-state index contributed by atoms with van der Waals surface area (Å²) >= 11 is 0. The summed E-state index contributed by atoms with van der Waals surface area (Å²) in [5.41, 5.74) is 1.25. The van der Waals surface area contributed by atoms with Gasteiger partial charge in [-0.3, -0.25) is 9.69 Å². The lowest BCUT2D eigenvalue weighted by Gasteiger charge is -2.22. The highest BCUT2D eigenvalue weighted by molar-refractivity contribution is 7.89. The minimum atomic E-state index is -3.71. The molecule has 0 heterocycles. The van der Waals surface area contributed by atoms with Gasteiger partial charge >= 0.3 is 5.97 Å². The lowest BCUT2D eigenvalue weighted by molar-refractivity contribution is -0.144. The van der Waals surface area contributed by atoms with E-state index >= 15 is 0 Å². The Bertz CT molecular complexity index is 1070. The van der Waals surface area contributed by atoms with Gasteiger partial charge in [-0.2, -0.15) is 0 Å². The number of benzene rings is 2. The molecule has 2 rings (SSSR count). The Labute approximate surface area is 196 Å². The number of nitrogens with zero attached hydrogens (tertiary/aromatic N) is 1. The van der Waals surface area contributed by atoms with E-state index in [1.165, 1.54) is 12.1 Å². The summed E-state index contributed by atoms with van der Waals surface area (Å²) in [6.45, 7) is 5.70. The topological polar surface area (TPSA) is 122 Å². The van der Waals surface area contributed by atoms with E-state index in [1.54, 1.807) is 62.1 Å². The predicted octanol–water partition coefficient (Wildman–Crippen LogP) is 1.43. The minimum Gasteiger partial charge on any atom is -0.465 e. The molecule has 0 amide bonds. The molecule has 2 aromatic rings. The summed E-state index contributed by atoms with van der Waals surface area (Å²) in [7, 11) is -7.43. The third-order valence-electron chi connectivity index (χ3n) is 4.86. The van der Waals surface area contributed by atoms with Crippen molar-refractivity contribution in [2.75, 3.05) is 39.3 Å². The maximum atomic E-state index is 12.6. The first-order valence-corrected chi connectivity index (χ1v) is 13.5. The Morgan fingerprint density at radius 3 is 1.64 bits per heavy atom. The number of hydrogen-bond acceptors (Lipinski definition) is 7. The Kier molecular flexibility index (Phi) is 9.99. The third-order valence-corrected chi connectivity index (χ3v) is 8.11. The number of sulfonamides is 2. The van der Waals surface area contributed by atoms with Crippen LogP contribution in [0.5, 0.6) is 0 Å². The number of esters is 1. The van der Waals surface area contributed by atoms with E-state index in [1.807, 2.05) is 0 Å². The number of hydrogen-bond donors (Lipinski definition) is 2. The fourth-order valence-corrected chi connectivity index (χ4v) is 5.74. The molecule has 0 saturated carbocycles. The van der Waals surface area contributed by atoms with E-state index in [0.29, 0.717) is 11.1 Å². The quantitative estimate of drug-likeness (QED) is 0.402. The van der Waals surface area contributed by atoms with Crippen LogP contribution < -0.4 is 9.44 Å². The van der Waals surface area contributed by atoms with Crippen LogP contribution in [-0.4, -0.2) is 67.0 Å². The molecule has 0 aliphatic heterocycles. The average Bonchev–Trinajstić information content (AvgIpc) is 2.74. The predicted molar refractivity (Wildman–Crippen MR) is 126 cm³/mol. The second-order valence-corrected chi connectivity index (χ2v) is 10.9. The molecule has 182 valence electrons. The molecule has 0 unspecified atom stereocenters. The zero-order valence-corrected chi connectivity index (χ0v) is 20.7. The molecule has 0 aromatic heterocycles. The summed E-state index contributed by atoms with van der Waals surface area (Å²) in [5.74, 6) is -0.471. The van der Waals surface area contributed by atoms with E-state index in [9.17, 15) is 21.6 Å². The highest BCUT2D eigenvalue weighted by atomic mass is 32.2. The molecule has 9 nitrogen and oxygen atoms in total. The normalized spacial score (nSPS) is 12.1. The number of carbonyl (C=O) groups excluding carboxylic acids is 1. The molecule has 11 heteroatoms. The maximum absolute atomic E-state index is 12.6. The SMILES string of the molecule is CCOC(=O)CN(CCNS(=O)(=O)c1ccccc1C)CCNS(=O)(=O)c1ccccc1C. The fourth-order valence-electron chi connectivity index (χ4n) is 3.21. The second kappa shape index (κ2) is 12.2. The van der Waals surface area contributed by atoms with Crippen LogP contribution in [0.25, 0.3) is 0 Å². The molecule has 0 aliphatic rings. The summed E-state index contributed by atoms with van der Waals surface area (Å²) in [5, 5.41) is 0. The van der Waals surface area contributed by atoms with Gasteiger partial charge in [0.05, 0.1) is 22.9 Å². The van der Waals surface area contributed by atoms with Crippen molar-refractivity contribution >= 4 is 26.0 Å². The number of ether oxygens (including phenoxy) is 1. The van der Waals surface area contributed by atoms with E-state index < -0.39 is 26.0 Å². The average molecular weight is 498 g/mol. The third kappa shape index (κ3) is 8.20. The van der Waals surface area contributed by atoms with E-state index in [2.05, 4.69) is 9.44 Å². The Hall–Kier alpha value is -2.31. The second-order valence-electron chi connectivity index (χ2n) is 7.41. The molecule has 2 aromatic carbocycles. The van der Waals surface area contributed by atoms with Crippen molar-refractivity contribution in [2.24, 2.45) is 0 Å². The van der Waals surface area contributed by atoms with Crippen LogP contribution in [0.4, 0.5) is 0 Å². The van der Waals surface area contributed by atoms with Crippen molar-refractivity contribution in [1.82, 2.24) is 14.3 Å². The number of carbonyl (C=O) groups is 1. The van der Waals surface area contributed by atoms with Gasteiger partial charge in [0.2, 0.25) is 20.0 Å². The fraction of sp³-hybridized carbons (Fsp3) is 0.409. The largest absolute Gasteiger partial charge is 0.465 e. The Balaban J connectivity index is 1.99. The minimum absolute atomic E-state index is 0.0423. The smallest absolute Gasteiger partial charge is 0.320 e. The molecule has 0 saturated heterocycles. The van der Waals surface area contributed by atoms with Gasteiger partial charge in [0.25, 0.3) is 0 Å². The maximum Gasteiger partial charge on any atom is 0.320 e. The Morgan fingerprint density at radius 1 is 0.818 bits per heavy atom. The van der Waals surface area contributed by atoms with Gasteiger partial charge in [0, 0.05) is 26.2 Å². The van der Waals surface area contributed by atoms with Gasteiger partial charge in [0.15, 0.2) is 0 Å². The Morgan fingerprint density at radius 2 is 1.24 bits per heavy atom.